The second kappa shape index (κ2) is 7.89. The highest BCUT2D eigenvalue weighted by atomic mass is 35.5. The molecule has 4 aromatic rings. The van der Waals surface area contributed by atoms with Crippen LogP contribution in [0.3, 0.4) is 0 Å². The summed E-state index contributed by atoms with van der Waals surface area (Å²) in [5.74, 6) is 0.734. The Kier molecular flexibility index (Phi) is 4.96. The van der Waals surface area contributed by atoms with E-state index in [4.69, 9.17) is 22.3 Å². The first-order valence-electron chi connectivity index (χ1n) is 11.8. The van der Waals surface area contributed by atoms with Gasteiger partial charge in [0.1, 0.15) is 11.3 Å². The third-order valence-electron chi connectivity index (χ3n) is 7.11. The van der Waals surface area contributed by atoms with Gasteiger partial charge in [-0.15, -0.1) is 0 Å². The van der Waals surface area contributed by atoms with Crippen molar-refractivity contribution in [3.63, 3.8) is 0 Å². The zero-order chi connectivity index (χ0) is 22.7. The zero-order valence-electron chi connectivity index (χ0n) is 18.8. The van der Waals surface area contributed by atoms with Crippen LogP contribution in [0.15, 0.2) is 42.6 Å². The normalized spacial score (nSPS) is 19.0. The molecule has 4 heterocycles. The van der Waals surface area contributed by atoms with E-state index in [0.29, 0.717) is 18.0 Å². The van der Waals surface area contributed by atoms with Crippen molar-refractivity contribution >= 4 is 34.1 Å². The minimum Gasteiger partial charge on any atom is -0.338 e. The van der Waals surface area contributed by atoms with Crippen LogP contribution >= 0.6 is 11.6 Å². The highest BCUT2D eigenvalue weighted by Crippen LogP contribution is 2.38. The minimum atomic E-state index is 0.0319. The lowest BCUT2D eigenvalue weighted by atomic mass is 10.1. The second-order valence-corrected chi connectivity index (χ2v) is 10.0. The Labute approximate surface area is 197 Å². The number of pyridine rings is 1. The third kappa shape index (κ3) is 3.62. The number of piperidine rings is 1. The van der Waals surface area contributed by atoms with Gasteiger partial charge in [0.15, 0.2) is 0 Å². The quantitative estimate of drug-likeness (QED) is 0.470. The number of carbonyl (C=O) groups is 1. The van der Waals surface area contributed by atoms with E-state index >= 15 is 0 Å². The van der Waals surface area contributed by atoms with Crippen molar-refractivity contribution in [2.45, 2.75) is 45.2 Å². The molecule has 0 bridgehead atoms. The van der Waals surface area contributed by atoms with Gasteiger partial charge in [-0.25, -0.2) is 4.98 Å². The maximum absolute atomic E-state index is 13.1. The summed E-state index contributed by atoms with van der Waals surface area (Å²) in [6.07, 6.45) is 6.41. The van der Waals surface area contributed by atoms with Crippen molar-refractivity contribution in [1.82, 2.24) is 18.9 Å². The summed E-state index contributed by atoms with van der Waals surface area (Å²) in [4.78, 5) is 20.0. The lowest BCUT2D eigenvalue weighted by Gasteiger charge is -2.30. The summed E-state index contributed by atoms with van der Waals surface area (Å²) < 4.78 is 4.40. The van der Waals surface area contributed by atoms with E-state index in [0.717, 1.165) is 64.6 Å². The fourth-order valence-corrected chi connectivity index (χ4v) is 5.43. The lowest BCUT2D eigenvalue weighted by molar-refractivity contribution is 0.0709. The summed E-state index contributed by atoms with van der Waals surface area (Å²) in [7, 11) is 0. The highest BCUT2D eigenvalue weighted by Gasteiger charge is 2.27. The molecule has 1 unspecified atom stereocenters. The Morgan fingerprint density at radius 3 is 2.85 bits per heavy atom. The van der Waals surface area contributed by atoms with Crippen LogP contribution in [0.4, 0.5) is 0 Å². The molecule has 1 aromatic carbocycles. The molecule has 6 rings (SSSR count). The SMILES string of the molecule is Cc1c(-c2cc3cccc(Cl)c3n2CC2CC2)nc2cc(C(=O)N3CCCC(N)C3)ccn12. The van der Waals surface area contributed by atoms with Gasteiger partial charge in [0.05, 0.1) is 16.2 Å². The van der Waals surface area contributed by atoms with E-state index < -0.39 is 0 Å². The van der Waals surface area contributed by atoms with E-state index in [-0.39, 0.29) is 11.9 Å². The van der Waals surface area contributed by atoms with Crippen LogP contribution in [-0.2, 0) is 6.54 Å². The molecule has 0 radical (unpaired) electrons. The molecule has 0 spiro atoms. The van der Waals surface area contributed by atoms with Crippen molar-refractivity contribution < 1.29 is 4.79 Å². The fraction of sp³-hybridized carbons (Fsp3) is 0.385. The first kappa shape index (κ1) is 20.8. The van der Waals surface area contributed by atoms with Crippen molar-refractivity contribution in [2.24, 2.45) is 11.7 Å². The second-order valence-electron chi connectivity index (χ2n) is 9.60. The Hall–Kier alpha value is -2.83. The van der Waals surface area contributed by atoms with Crippen LogP contribution in [0.5, 0.6) is 0 Å². The lowest BCUT2D eigenvalue weighted by Crippen LogP contribution is -2.45. The van der Waals surface area contributed by atoms with E-state index in [2.05, 4.69) is 28.0 Å². The molecule has 2 fully saturated rings. The number of fused-ring (bicyclic) bond motifs is 2. The Balaban J connectivity index is 1.43. The van der Waals surface area contributed by atoms with E-state index in [9.17, 15) is 4.79 Å². The molecule has 1 aliphatic carbocycles. The third-order valence-corrected chi connectivity index (χ3v) is 7.41. The monoisotopic (exact) mass is 461 g/mol. The largest absolute Gasteiger partial charge is 0.338 e. The van der Waals surface area contributed by atoms with Gasteiger partial charge in [-0.1, -0.05) is 23.7 Å². The van der Waals surface area contributed by atoms with Crippen molar-refractivity contribution in [2.75, 3.05) is 13.1 Å². The van der Waals surface area contributed by atoms with Gasteiger partial charge in [-0.3, -0.25) is 4.79 Å². The molecule has 1 saturated heterocycles. The molecule has 1 atom stereocenters. The Morgan fingerprint density at radius 1 is 1.21 bits per heavy atom. The van der Waals surface area contributed by atoms with Gasteiger partial charge < -0.3 is 19.6 Å². The molecular weight excluding hydrogens is 434 g/mol. The number of carbonyl (C=O) groups excluding carboxylic acids is 1. The number of halogens is 1. The van der Waals surface area contributed by atoms with Gasteiger partial charge in [0, 0.05) is 48.5 Å². The van der Waals surface area contributed by atoms with Crippen molar-refractivity contribution in [1.29, 1.82) is 0 Å². The summed E-state index contributed by atoms with van der Waals surface area (Å²) in [5.41, 5.74) is 11.7. The van der Waals surface area contributed by atoms with Crippen LogP contribution in [0, 0.1) is 12.8 Å². The maximum atomic E-state index is 13.1. The number of aromatic nitrogens is 3. The topological polar surface area (TPSA) is 68.6 Å². The first-order chi connectivity index (χ1) is 16.0. The van der Waals surface area contributed by atoms with Crippen LogP contribution < -0.4 is 5.73 Å². The van der Waals surface area contributed by atoms with Crippen LogP contribution in [0.25, 0.3) is 27.9 Å². The van der Waals surface area contributed by atoms with Crippen LogP contribution in [-0.4, -0.2) is 43.9 Å². The summed E-state index contributed by atoms with van der Waals surface area (Å²) in [6, 6.07) is 12.1. The average Bonchev–Trinajstić information content (AvgIpc) is 3.47. The van der Waals surface area contributed by atoms with Crippen molar-refractivity contribution in [3.05, 3.63) is 58.9 Å². The summed E-state index contributed by atoms with van der Waals surface area (Å²) >= 11 is 6.63. The number of para-hydroxylation sites is 1. The molecular formula is C26H28ClN5O. The van der Waals surface area contributed by atoms with Crippen LogP contribution in [0.1, 0.15) is 41.7 Å². The number of aryl methyl sites for hydroxylation is 1. The zero-order valence-corrected chi connectivity index (χ0v) is 19.6. The molecule has 2 aliphatic rings. The number of hydrogen-bond donors (Lipinski definition) is 1. The highest BCUT2D eigenvalue weighted by molar-refractivity contribution is 6.35. The predicted molar refractivity (Wildman–Crippen MR) is 132 cm³/mol. The smallest absolute Gasteiger partial charge is 0.254 e. The minimum absolute atomic E-state index is 0.0319. The van der Waals surface area contributed by atoms with Gasteiger partial charge in [-0.05, 0) is 62.8 Å². The number of nitrogens with zero attached hydrogens (tertiary/aromatic N) is 4. The fourth-order valence-electron chi connectivity index (χ4n) is 5.14. The number of likely N-dealkylation sites (tertiary alicyclic amines) is 1. The molecule has 1 saturated carbocycles. The molecule has 2 N–H and O–H groups in total. The number of nitrogens with two attached hydrogens (primary N) is 1. The molecule has 1 aliphatic heterocycles. The molecule has 3 aromatic heterocycles. The maximum Gasteiger partial charge on any atom is 0.254 e. The van der Waals surface area contributed by atoms with Crippen LogP contribution in [0.2, 0.25) is 5.02 Å². The standard InChI is InChI=1S/C26H28ClN5O/c1-16-24(22-12-18-4-2-6-21(27)25(18)32(22)14-17-7-8-17)29-23-13-19(9-11-31(16)23)26(33)30-10-3-5-20(28)15-30/h2,4,6,9,11-13,17,20H,3,5,7-8,10,14-15,28H2,1H3. The van der Waals surface area contributed by atoms with E-state index in [1.165, 1.54) is 12.8 Å². The van der Waals surface area contributed by atoms with Gasteiger partial charge in [-0.2, -0.15) is 0 Å². The Morgan fingerprint density at radius 2 is 2.06 bits per heavy atom. The number of imidazole rings is 1. The summed E-state index contributed by atoms with van der Waals surface area (Å²) in [6.45, 7) is 4.42. The predicted octanol–water partition coefficient (Wildman–Crippen LogP) is 4.89. The molecule has 170 valence electrons. The first-order valence-corrected chi connectivity index (χ1v) is 12.2. The molecule has 6 nitrogen and oxygen atoms in total. The van der Waals surface area contributed by atoms with E-state index in [1.54, 1.807) is 0 Å². The van der Waals surface area contributed by atoms with Gasteiger partial charge in [0.25, 0.3) is 5.91 Å². The van der Waals surface area contributed by atoms with E-state index in [1.807, 2.05) is 35.4 Å². The molecule has 33 heavy (non-hydrogen) atoms. The molecule has 1 amide bonds. The Bertz CT molecular complexity index is 1380. The van der Waals surface area contributed by atoms with Gasteiger partial charge >= 0.3 is 0 Å². The number of hydrogen-bond acceptors (Lipinski definition) is 3. The van der Waals surface area contributed by atoms with Crippen molar-refractivity contribution in [3.8, 4) is 11.4 Å². The number of rotatable bonds is 4. The molecule has 7 heteroatoms. The number of benzene rings is 1. The summed E-state index contributed by atoms with van der Waals surface area (Å²) in [5, 5.41) is 1.90. The van der Waals surface area contributed by atoms with Gasteiger partial charge in [0.2, 0.25) is 0 Å². The average molecular weight is 462 g/mol. The number of amides is 1.